The van der Waals surface area contributed by atoms with Crippen LogP contribution in [0.4, 0.5) is 4.39 Å². The fourth-order valence-electron chi connectivity index (χ4n) is 2.06. The molecule has 0 spiro atoms. The third kappa shape index (κ3) is 4.12. The van der Waals surface area contributed by atoms with Crippen molar-refractivity contribution in [3.8, 4) is 5.75 Å². The average Bonchev–Trinajstić information content (AvgIpc) is 2.47. The largest absolute Gasteiger partial charge is 0.493 e. The van der Waals surface area contributed by atoms with Crippen LogP contribution in [0, 0.1) is 12.7 Å². The molecule has 0 fully saturated rings. The first kappa shape index (κ1) is 15.2. The lowest BCUT2D eigenvalue weighted by Gasteiger charge is -2.11. The van der Waals surface area contributed by atoms with Gasteiger partial charge in [-0.15, -0.1) is 0 Å². The molecule has 0 aliphatic rings. The van der Waals surface area contributed by atoms with E-state index in [0.717, 1.165) is 12.8 Å². The Morgan fingerprint density at radius 3 is 2.67 bits per heavy atom. The Balaban J connectivity index is 1.96. The molecule has 110 valence electrons. The molecule has 1 aromatic heterocycles. The average molecular weight is 287 g/mol. The standard InChI is InChI=1S/C17H18FNO2/c1-12-10-17(15(13(2)20)11-16(12)18)21-9-3-4-14-5-7-19-8-6-14/h5-8,10-11H,3-4,9H2,1-2H3. The highest BCUT2D eigenvalue weighted by atomic mass is 19.1. The molecule has 0 amide bonds. The smallest absolute Gasteiger partial charge is 0.163 e. The third-order valence-electron chi connectivity index (χ3n) is 3.26. The van der Waals surface area contributed by atoms with E-state index in [1.807, 2.05) is 12.1 Å². The lowest BCUT2D eigenvalue weighted by Crippen LogP contribution is -2.05. The first-order chi connectivity index (χ1) is 10.1. The summed E-state index contributed by atoms with van der Waals surface area (Å²) in [5.41, 5.74) is 1.96. The monoisotopic (exact) mass is 287 g/mol. The van der Waals surface area contributed by atoms with Crippen molar-refractivity contribution in [2.75, 3.05) is 6.61 Å². The maximum atomic E-state index is 13.5. The zero-order valence-electron chi connectivity index (χ0n) is 12.2. The number of pyridine rings is 1. The molecular formula is C17H18FNO2. The van der Waals surface area contributed by atoms with Gasteiger partial charge in [0.15, 0.2) is 5.78 Å². The van der Waals surface area contributed by atoms with Crippen LogP contribution in [0.2, 0.25) is 0 Å². The number of hydrogen-bond acceptors (Lipinski definition) is 3. The molecule has 4 heteroatoms. The Morgan fingerprint density at radius 2 is 2.00 bits per heavy atom. The molecule has 0 saturated carbocycles. The van der Waals surface area contributed by atoms with Crippen molar-refractivity contribution in [3.05, 3.63) is 59.2 Å². The molecule has 0 aliphatic heterocycles. The van der Waals surface area contributed by atoms with Gasteiger partial charge in [-0.1, -0.05) is 0 Å². The maximum absolute atomic E-state index is 13.5. The fourth-order valence-corrected chi connectivity index (χ4v) is 2.06. The molecule has 0 atom stereocenters. The van der Waals surface area contributed by atoms with Gasteiger partial charge in [-0.25, -0.2) is 4.39 Å². The summed E-state index contributed by atoms with van der Waals surface area (Å²) in [4.78, 5) is 15.5. The van der Waals surface area contributed by atoms with Crippen LogP contribution in [0.15, 0.2) is 36.7 Å². The second-order valence-electron chi connectivity index (χ2n) is 4.96. The minimum Gasteiger partial charge on any atom is -0.493 e. The van der Waals surface area contributed by atoms with Crippen molar-refractivity contribution in [1.29, 1.82) is 0 Å². The summed E-state index contributed by atoms with van der Waals surface area (Å²) >= 11 is 0. The number of aromatic nitrogens is 1. The molecule has 0 unspecified atom stereocenters. The summed E-state index contributed by atoms with van der Waals surface area (Å²) < 4.78 is 19.2. The number of ketones is 1. The quantitative estimate of drug-likeness (QED) is 0.600. The van der Waals surface area contributed by atoms with Crippen molar-refractivity contribution in [2.24, 2.45) is 0 Å². The molecule has 1 aromatic carbocycles. The van der Waals surface area contributed by atoms with Gasteiger partial charge in [-0.05, 0) is 62.1 Å². The molecule has 2 aromatic rings. The van der Waals surface area contributed by atoms with E-state index < -0.39 is 0 Å². The number of carbonyl (C=O) groups is 1. The maximum Gasteiger partial charge on any atom is 0.163 e. The molecule has 0 N–H and O–H groups in total. The van der Waals surface area contributed by atoms with E-state index in [-0.39, 0.29) is 11.6 Å². The van der Waals surface area contributed by atoms with Gasteiger partial charge in [0.2, 0.25) is 0 Å². The number of rotatable bonds is 6. The van der Waals surface area contributed by atoms with Crippen molar-refractivity contribution in [3.63, 3.8) is 0 Å². The Labute approximate surface area is 123 Å². The number of benzene rings is 1. The highest BCUT2D eigenvalue weighted by Crippen LogP contribution is 2.23. The Bertz CT molecular complexity index is 626. The van der Waals surface area contributed by atoms with Gasteiger partial charge in [-0.3, -0.25) is 9.78 Å². The molecular weight excluding hydrogens is 269 g/mol. The zero-order chi connectivity index (χ0) is 15.2. The summed E-state index contributed by atoms with van der Waals surface area (Å²) in [6.07, 6.45) is 5.21. The predicted octanol–water partition coefficient (Wildman–Crippen LogP) is 3.74. The summed E-state index contributed by atoms with van der Waals surface area (Å²) in [6, 6.07) is 6.75. The van der Waals surface area contributed by atoms with Crippen LogP contribution in [0.3, 0.4) is 0 Å². The zero-order valence-corrected chi connectivity index (χ0v) is 12.2. The van der Waals surface area contributed by atoms with Crippen LogP contribution in [0.25, 0.3) is 0 Å². The molecule has 0 aliphatic carbocycles. The summed E-state index contributed by atoms with van der Waals surface area (Å²) in [5.74, 6) is -0.126. The molecule has 1 heterocycles. The van der Waals surface area contributed by atoms with Crippen LogP contribution in [0.5, 0.6) is 5.75 Å². The molecule has 3 nitrogen and oxygen atoms in total. The van der Waals surface area contributed by atoms with Gasteiger partial charge in [0.1, 0.15) is 11.6 Å². The Morgan fingerprint density at radius 1 is 1.29 bits per heavy atom. The van der Waals surface area contributed by atoms with E-state index in [1.54, 1.807) is 25.4 Å². The lowest BCUT2D eigenvalue weighted by molar-refractivity contribution is 0.101. The van der Waals surface area contributed by atoms with E-state index >= 15 is 0 Å². The van der Waals surface area contributed by atoms with Crippen LogP contribution in [-0.4, -0.2) is 17.4 Å². The molecule has 0 radical (unpaired) electrons. The SMILES string of the molecule is CC(=O)c1cc(F)c(C)cc1OCCCc1ccncc1. The van der Waals surface area contributed by atoms with Crippen molar-refractivity contribution < 1.29 is 13.9 Å². The normalized spacial score (nSPS) is 10.4. The summed E-state index contributed by atoms with van der Waals surface area (Å²) in [5, 5.41) is 0. The lowest BCUT2D eigenvalue weighted by atomic mass is 10.1. The minimum absolute atomic E-state index is 0.196. The number of ether oxygens (including phenoxy) is 1. The van der Waals surface area contributed by atoms with E-state index in [2.05, 4.69) is 4.98 Å². The number of Topliss-reactive ketones (excluding diaryl/α,β-unsaturated/α-hetero) is 1. The van der Waals surface area contributed by atoms with Crippen molar-refractivity contribution in [1.82, 2.24) is 4.98 Å². The number of halogens is 1. The van der Waals surface area contributed by atoms with E-state index in [1.165, 1.54) is 18.6 Å². The van der Waals surface area contributed by atoms with Gasteiger partial charge in [0.25, 0.3) is 0 Å². The molecule has 21 heavy (non-hydrogen) atoms. The second kappa shape index (κ2) is 6.97. The predicted molar refractivity (Wildman–Crippen MR) is 79.2 cm³/mol. The first-order valence-electron chi connectivity index (χ1n) is 6.90. The fraction of sp³-hybridized carbons (Fsp3) is 0.294. The summed E-state index contributed by atoms with van der Waals surface area (Å²) in [6.45, 7) is 3.55. The van der Waals surface area contributed by atoms with Crippen LogP contribution >= 0.6 is 0 Å². The Hall–Kier alpha value is -2.23. The van der Waals surface area contributed by atoms with Gasteiger partial charge in [-0.2, -0.15) is 0 Å². The van der Waals surface area contributed by atoms with Gasteiger partial charge >= 0.3 is 0 Å². The van der Waals surface area contributed by atoms with Crippen molar-refractivity contribution in [2.45, 2.75) is 26.7 Å². The molecule has 0 saturated heterocycles. The van der Waals surface area contributed by atoms with Gasteiger partial charge in [0.05, 0.1) is 12.2 Å². The highest BCUT2D eigenvalue weighted by Gasteiger charge is 2.12. The van der Waals surface area contributed by atoms with Gasteiger partial charge in [0, 0.05) is 12.4 Å². The van der Waals surface area contributed by atoms with E-state index in [4.69, 9.17) is 4.74 Å². The minimum atomic E-state index is -0.385. The van der Waals surface area contributed by atoms with Crippen LogP contribution < -0.4 is 4.74 Å². The van der Waals surface area contributed by atoms with Crippen molar-refractivity contribution >= 4 is 5.78 Å². The van der Waals surface area contributed by atoms with E-state index in [9.17, 15) is 9.18 Å². The number of hydrogen-bond donors (Lipinski definition) is 0. The van der Waals surface area contributed by atoms with Gasteiger partial charge < -0.3 is 4.74 Å². The topological polar surface area (TPSA) is 39.2 Å². The first-order valence-corrected chi connectivity index (χ1v) is 6.90. The second-order valence-corrected chi connectivity index (χ2v) is 4.96. The highest BCUT2D eigenvalue weighted by molar-refractivity contribution is 5.96. The summed E-state index contributed by atoms with van der Waals surface area (Å²) in [7, 11) is 0. The van der Waals surface area contributed by atoms with E-state index in [0.29, 0.717) is 23.5 Å². The number of aryl methyl sites for hydroxylation is 2. The molecule has 2 rings (SSSR count). The number of carbonyl (C=O) groups excluding carboxylic acids is 1. The van der Waals surface area contributed by atoms with Crippen LogP contribution in [-0.2, 0) is 6.42 Å². The van der Waals surface area contributed by atoms with Crippen LogP contribution in [0.1, 0.15) is 34.8 Å². The molecule has 0 bridgehead atoms. The Kier molecular flexibility index (Phi) is 5.04. The number of nitrogens with zero attached hydrogens (tertiary/aromatic N) is 1. The third-order valence-corrected chi connectivity index (χ3v) is 3.26.